The number of rotatable bonds is 5. The molecule has 25 heavy (non-hydrogen) atoms. The van der Waals surface area contributed by atoms with Crippen molar-refractivity contribution in [2.45, 2.75) is 26.5 Å². The van der Waals surface area contributed by atoms with E-state index in [1.165, 1.54) is 22.8 Å². The molecule has 0 fully saturated rings. The maximum Gasteiger partial charge on any atom is 0.326 e. The van der Waals surface area contributed by atoms with Crippen molar-refractivity contribution in [3.63, 3.8) is 0 Å². The van der Waals surface area contributed by atoms with Crippen molar-refractivity contribution in [3.8, 4) is 5.75 Å². The molecule has 3 aromatic rings. The van der Waals surface area contributed by atoms with Crippen LogP contribution >= 0.6 is 0 Å². The summed E-state index contributed by atoms with van der Waals surface area (Å²) in [5, 5.41) is 2.72. The van der Waals surface area contributed by atoms with Crippen molar-refractivity contribution >= 4 is 22.6 Å². The Kier molecular flexibility index (Phi) is 4.56. The Morgan fingerprint density at radius 1 is 1.24 bits per heavy atom. The van der Waals surface area contributed by atoms with Gasteiger partial charge in [0.2, 0.25) is 5.91 Å². The van der Waals surface area contributed by atoms with Gasteiger partial charge in [0.05, 0.1) is 17.1 Å². The number of anilines is 1. The lowest BCUT2D eigenvalue weighted by molar-refractivity contribution is -0.116. The summed E-state index contributed by atoms with van der Waals surface area (Å²) < 4.78 is 20.0. The van der Waals surface area contributed by atoms with Crippen LogP contribution in [0.3, 0.4) is 0 Å². The standard InChI is InChI=1S/C18H18FN3O3/c1-11(2)25-14-6-4-13(5-7-14)20-17(23)10-22-16-8-3-12(19)9-15(16)21-18(22)24/h3-9,11H,10H2,1-2H3,(H,20,23)(H,21,24). The number of fused-ring (bicyclic) bond motifs is 1. The lowest BCUT2D eigenvalue weighted by Gasteiger charge is -2.11. The third-order valence-electron chi connectivity index (χ3n) is 3.55. The molecule has 2 N–H and O–H groups in total. The van der Waals surface area contributed by atoms with Gasteiger partial charge in [0.1, 0.15) is 18.1 Å². The van der Waals surface area contributed by atoms with Crippen LogP contribution < -0.4 is 15.7 Å². The van der Waals surface area contributed by atoms with E-state index in [4.69, 9.17) is 4.74 Å². The van der Waals surface area contributed by atoms with E-state index in [1.54, 1.807) is 24.3 Å². The van der Waals surface area contributed by atoms with Gasteiger partial charge in [-0.15, -0.1) is 0 Å². The average Bonchev–Trinajstić information content (AvgIpc) is 2.83. The van der Waals surface area contributed by atoms with Crippen molar-refractivity contribution in [1.82, 2.24) is 9.55 Å². The fourth-order valence-electron chi connectivity index (χ4n) is 2.53. The average molecular weight is 343 g/mol. The number of carbonyl (C=O) groups excluding carboxylic acids is 1. The van der Waals surface area contributed by atoms with Gasteiger partial charge < -0.3 is 15.0 Å². The van der Waals surface area contributed by atoms with E-state index in [0.29, 0.717) is 22.5 Å². The predicted molar refractivity (Wildman–Crippen MR) is 93.4 cm³/mol. The molecular formula is C18H18FN3O3. The molecule has 130 valence electrons. The number of H-pyrrole nitrogens is 1. The van der Waals surface area contributed by atoms with Gasteiger partial charge in [-0.05, 0) is 56.3 Å². The van der Waals surface area contributed by atoms with Crippen LogP contribution in [0.15, 0.2) is 47.3 Å². The van der Waals surface area contributed by atoms with Crippen molar-refractivity contribution in [2.75, 3.05) is 5.32 Å². The predicted octanol–water partition coefficient (Wildman–Crippen LogP) is 2.89. The van der Waals surface area contributed by atoms with Crippen molar-refractivity contribution in [3.05, 3.63) is 58.8 Å². The van der Waals surface area contributed by atoms with Crippen LogP contribution in [-0.4, -0.2) is 21.6 Å². The molecule has 0 unspecified atom stereocenters. The van der Waals surface area contributed by atoms with Crippen LogP contribution in [0.4, 0.5) is 10.1 Å². The van der Waals surface area contributed by atoms with Gasteiger partial charge in [-0.2, -0.15) is 0 Å². The van der Waals surface area contributed by atoms with Crippen LogP contribution in [-0.2, 0) is 11.3 Å². The van der Waals surface area contributed by atoms with E-state index in [9.17, 15) is 14.0 Å². The van der Waals surface area contributed by atoms with Crippen LogP contribution in [0.25, 0.3) is 11.0 Å². The molecule has 0 atom stereocenters. The lowest BCUT2D eigenvalue weighted by atomic mass is 10.3. The fourth-order valence-corrected chi connectivity index (χ4v) is 2.53. The minimum atomic E-state index is -0.462. The highest BCUT2D eigenvalue weighted by molar-refractivity contribution is 5.91. The van der Waals surface area contributed by atoms with Gasteiger partial charge in [0, 0.05) is 5.69 Å². The Balaban J connectivity index is 1.73. The lowest BCUT2D eigenvalue weighted by Crippen LogP contribution is -2.25. The highest BCUT2D eigenvalue weighted by Crippen LogP contribution is 2.17. The molecule has 2 aromatic carbocycles. The number of halogens is 1. The smallest absolute Gasteiger partial charge is 0.326 e. The molecule has 0 aliphatic heterocycles. The molecule has 0 aliphatic rings. The summed E-state index contributed by atoms with van der Waals surface area (Å²) in [7, 11) is 0. The summed E-state index contributed by atoms with van der Waals surface area (Å²) in [6, 6.07) is 10.9. The van der Waals surface area contributed by atoms with Gasteiger partial charge in [0.15, 0.2) is 0 Å². The van der Waals surface area contributed by atoms with Gasteiger partial charge in [-0.25, -0.2) is 9.18 Å². The third kappa shape index (κ3) is 3.88. The summed E-state index contributed by atoms with van der Waals surface area (Å²) >= 11 is 0. The molecule has 6 nitrogen and oxygen atoms in total. The number of imidazole rings is 1. The fraction of sp³-hybridized carbons (Fsp3) is 0.222. The van der Waals surface area contributed by atoms with Crippen molar-refractivity contribution < 1.29 is 13.9 Å². The molecule has 1 heterocycles. The molecule has 1 amide bonds. The van der Waals surface area contributed by atoms with Gasteiger partial charge in [-0.3, -0.25) is 9.36 Å². The summed E-state index contributed by atoms with van der Waals surface area (Å²) in [4.78, 5) is 26.7. The van der Waals surface area contributed by atoms with E-state index in [2.05, 4.69) is 10.3 Å². The second-order valence-electron chi connectivity index (χ2n) is 5.92. The van der Waals surface area contributed by atoms with E-state index < -0.39 is 11.5 Å². The molecule has 0 spiro atoms. The summed E-state index contributed by atoms with van der Waals surface area (Å²) in [6.45, 7) is 3.69. The zero-order chi connectivity index (χ0) is 18.0. The van der Waals surface area contributed by atoms with Crippen molar-refractivity contribution in [2.24, 2.45) is 0 Å². The largest absolute Gasteiger partial charge is 0.491 e. The summed E-state index contributed by atoms with van der Waals surface area (Å²) in [5.41, 5.74) is 0.965. The number of aromatic nitrogens is 2. The minimum Gasteiger partial charge on any atom is -0.491 e. The number of nitrogens with one attached hydrogen (secondary N) is 2. The normalized spacial score (nSPS) is 11.0. The minimum absolute atomic E-state index is 0.0685. The quantitative estimate of drug-likeness (QED) is 0.748. The number of nitrogens with zero attached hydrogens (tertiary/aromatic N) is 1. The Hall–Kier alpha value is -3.09. The van der Waals surface area contributed by atoms with Crippen LogP contribution in [0.2, 0.25) is 0 Å². The number of hydrogen-bond acceptors (Lipinski definition) is 3. The first kappa shape index (κ1) is 16.8. The first-order valence-corrected chi connectivity index (χ1v) is 7.87. The number of ether oxygens (including phenoxy) is 1. The Labute approximate surface area is 143 Å². The number of amides is 1. The van der Waals surface area contributed by atoms with E-state index in [1.807, 2.05) is 13.8 Å². The SMILES string of the molecule is CC(C)Oc1ccc(NC(=O)Cn2c(=O)[nH]c3cc(F)ccc32)cc1. The highest BCUT2D eigenvalue weighted by Gasteiger charge is 2.11. The molecule has 0 saturated carbocycles. The Morgan fingerprint density at radius 2 is 1.96 bits per heavy atom. The Morgan fingerprint density at radius 3 is 2.64 bits per heavy atom. The third-order valence-corrected chi connectivity index (χ3v) is 3.55. The zero-order valence-electron chi connectivity index (χ0n) is 13.9. The van der Waals surface area contributed by atoms with Gasteiger partial charge in [0.25, 0.3) is 0 Å². The van der Waals surface area contributed by atoms with Gasteiger partial charge in [-0.1, -0.05) is 0 Å². The molecule has 0 bridgehead atoms. The molecule has 3 rings (SSSR count). The first-order valence-electron chi connectivity index (χ1n) is 7.87. The number of aromatic amines is 1. The Bertz CT molecular complexity index is 958. The maximum atomic E-state index is 13.2. The van der Waals surface area contributed by atoms with E-state index >= 15 is 0 Å². The molecule has 0 saturated heterocycles. The van der Waals surface area contributed by atoms with Crippen LogP contribution in [0.1, 0.15) is 13.8 Å². The number of hydrogen-bond donors (Lipinski definition) is 2. The molecule has 0 aliphatic carbocycles. The van der Waals surface area contributed by atoms with Gasteiger partial charge >= 0.3 is 5.69 Å². The molecular weight excluding hydrogens is 325 g/mol. The summed E-state index contributed by atoms with van der Waals surface area (Å²) in [6.07, 6.45) is 0.0685. The second-order valence-corrected chi connectivity index (χ2v) is 5.92. The molecule has 0 radical (unpaired) electrons. The van der Waals surface area contributed by atoms with E-state index in [0.717, 1.165) is 0 Å². The van der Waals surface area contributed by atoms with Crippen LogP contribution in [0.5, 0.6) is 5.75 Å². The monoisotopic (exact) mass is 343 g/mol. The second kappa shape index (κ2) is 6.80. The topological polar surface area (TPSA) is 76.1 Å². The van der Waals surface area contributed by atoms with Crippen LogP contribution in [0, 0.1) is 5.82 Å². The highest BCUT2D eigenvalue weighted by atomic mass is 19.1. The summed E-state index contributed by atoms with van der Waals surface area (Å²) in [5.74, 6) is -0.0956. The van der Waals surface area contributed by atoms with E-state index in [-0.39, 0.29) is 18.6 Å². The molecule has 7 heteroatoms. The number of benzene rings is 2. The van der Waals surface area contributed by atoms with Crippen molar-refractivity contribution in [1.29, 1.82) is 0 Å². The zero-order valence-corrected chi connectivity index (χ0v) is 13.9. The first-order chi connectivity index (χ1) is 11.9. The maximum absolute atomic E-state index is 13.2. The number of carbonyl (C=O) groups is 1. The molecule has 1 aromatic heterocycles.